The molecule has 3 N–H and O–H groups in total. The summed E-state index contributed by atoms with van der Waals surface area (Å²) < 4.78 is 56.9. The third-order valence-electron chi connectivity index (χ3n) is 3.36. The maximum atomic E-state index is 12.1. The molecule has 0 radical (unpaired) electrons. The van der Waals surface area contributed by atoms with Gasteiger partial charge in [-0.1, -0.05) is 0 Å². The van der Waals surface area contributed by atoms with Gasteiger partial charge in [-0.15, -0.1) is 4.28 Å². The molecule has 2 fully saturated rings. The van der Waals surface area contributed by atoms with E-state index in [0.29, 0.717) is 5.06 Å². The standard InChI is InChI=1S/C8H14N4O8S2/c1-21(15,16)12(9)7(13)6-3-2-5-4-10(6)8(14)11(5)20-22(17,18)19/h5-6H,2-4,9H2,1H3,(H,17,18,19)/t5-,6+/m1/s1. The van der Waals surface area contributed by atoms with Gasteiger partial charge in [-0.25, -0.2) is 19.1 Å². The Morgan fingerprint density at radius 3 is 2.45 bits per heavy atom. The number of piperidine rings is 1. The van der Waals surface area contributed by atoms with E-state index in [4.69, 9.17) is 10.4 Å². The molecule has 0 aromatic rings. The van der Waals surface area contributed by atoms with Gasteiger partial charge in [0.1, 0.15) is 6.04 Å². The maximum Gasteiger partial charge on any atom is 0.418 e. The second kappa shape index (κ2) is 5.31. The molecule has 3 amide bonds. The summed E-state index contributed by atoms with van der Waals surface area (Å²) in [5.74, 6) is 4.20. The highest BCUT2D eigenvalue weighted by Crippen LogP contribution is 2.31. The lowest BCUT2D eigenvalue weighted by atomic mass is 10.0. The maximum absolute atomic E-state index is 12.1. The highest BCUT2D eigenvalue weighted by Gasteiger charge is 2.50. The number of urea groups is 1. The second-order valence-corrected chi connectivity index (χ2v) is 7.77. The number of rotatable bonds is 4. The Morgan fingerprint density at radius 2 is 1.95 bits per heavy atom. The van der Waals surface area contributed by atoms with Crippen molar-refractivity contribution in [1.82, 2.24) is 14.4 Å². The minimum Gasteiger partial charge on any atom is -0.309 e. The van der Waals surface area contributed by atoms with Crippen molar-refractivity contribution >= 4 is 32.4 Å². The summed E-state index contributed by atoms with van der Waals surface area (Å²) >= 11 is 0. The first kappa shape index (κ1) is 16.9. The van der Waals surface area contributed by atoms with E-state index < -0.39 is 44.4 Å². The highest BCUT2D eigenvalue weighted by atomic mass is 32.3. The van der Waals surface area contributed by atoms with E-state index in [1.807, 2.05) is 0 Å². The van der Waals surface area contributed by atoms with Gasteiger partial charge in [-0.05, 0) is 12.8 Å². The summed E-state index contributed by atoms with van der Waals surface area (Å²) in [6.45, 7) is -0.0532. The molecule has 2 saturated heterocycles. The zero-order chi connectivity index (χ0) is 16.9. The van der Waals surface area contributed by atoms with Crippen molar-refractivity contribution in [3.63, 3.8) is 0 Å². The Labute approximate surface area is 126 Å². The molecule has 2 atom stereocenters. The minimum absolute atomic E-state index is 0.0393. The number of nitrogens with zero attached hydrogens (tertiary/aromatic N) is 3. The SMILES string of the molecule is CS(=O)(=O)N(N)C(=O)[C@@H]1CC[C@@H]2CN1C(=O)N2OS(=O)(=O)O. The zero-order valence-electron chi connectivity index (χ0n) is 11.3. The smallest absolute Gasteiger partial charge is 0.309 e. The van der Waals surface area contributed by atoms with Crippen molar-refractivity contribution in [1.29, 1.82) is 0 Å². The molecule has 0 unspecified atom stereocenters. The summed E-state index contributed by atoms with van der Waals surface area (Å²) in [7, 11) is -8.88. The number of carbonyl (C=O) groups excluding carboxylic acids is 2. The van der Waals surface area contributed by atoms with Gasteiger partial charge in [0.15, 0.2) is 0 Å². The predicted molar refractivity (Wildman–Crippen MR) is 69.3 cm³/mol. The minimum atomic E-state index is -4.89. The fraction of sp³-hybridized carbons (Fsp3) is 0.750. The number of fused-ring (bicyclic) bond motifs is 2. The van der Waals surface area contributed by atoms with Gasteiger partial charge in [0.05, 0.1) is 12.3 Å². The summed E-state index contributed by atoms with van der Waals surface area (Å²) in [6, 6.07) is -2.80. The molecule has 12 nitrogen and oxygen atoms in total. The van der Waals surface area contributed by atoms with Crippen LogP contribution in [0.5, 0.6) is 0 Å². The van der Waals surface area contributed by atoms with Crippen LogP contribution in [0.15, 0.2) is 0 Å². The monoisotopic (exact) mass is 358 g/mol. The normalized spacial score (nSPS) is 25.5. The molecule has 0 aromatic heterocycles. The highest BCUT2D eigenvalue weighted by molar-refractivity contribution is 7.88. The number of hydroxylamine groups is 2. The number of sulfonamides is 1. The van der Waals surface area contributed by atoms with Crippen molar-refractivity contribution < 1.29 is 35.3 Å². The molecule has 2 heterocycles. The summed E-state index contributed by atoms with van der Waals surface area (Å²) in [5.41, 5.74) is 0. The first-order valence-electron chi connectivity index (χ1n) is 5.97. The summed E-state index contributed by atoms with van der Waals surface area (Å²) in [5, 5.41) is 0.448. The average Bonchev–Trinajstić information content (AvgIpc) is 2.60. The van der Waals surface area contributed by atoms with Crippen LogP contribution in [0, 0.1) is 0 Å². The van der Waals surface area contributed by atoms with Crippen LogP contribution in [0.1, 0.15) is 12.8 Å². The van der Waals surface area contributed by atoms with Gasteiger partial charge in [-0.3, -0.25) is 9.35 Å². The number of hydrogen-bond acceptors (Lipinski definition) is 8. The molecule has 0 aromatic carbocycles. The Balaban J connectivity index is 2.21. The Bertz CT molecular complexity index is 704. The fourth-order valence-corrected chi connectivity index (χ4v) is 3.24. The Morgan fingerprint density at radius 1 is 1.36 bits per heavy atom. The molecule has 2 aliphatic rings. The van der Waals surface area contributed by atoms with E-state index in [1.54, 1.807) is 0 Å². The van der Waals surface area contributed by atoms with Gasteiger partial charge in [0.2, 0.25) is 10.0 Å². The third kappa shape index (κ3) is 3.14. The Hall–Kier alpha value is -1.48. The average molecular weight is 358 g/mol. The number of hydrazine groups is 1. The van der Waals surface area contributed by atoms with Crippen LogP contribution >= 0.6 is 0 Å². The first-order valence-corrected chi connectivity index (χ1v) is 9.19. The number of amides is 3. The van der Waals surface area contributed by atoms with Crippen LogP contribution < -0.4 is 5.84 Å². The molecular weight excluding hydrogens is 344 g/mol. The molecule has 14 heteroatoms. The van der Waals surface area contributed by atoms with Gasteiger partial charge in [-0.2, -0.15) is 17.9 Å². The second-order valence-electron chi connectivity index (χ2n) is 4.91. The molecule has 2 bridgehead atoms. The van der Waals surface area contributed by atoms with Crippen molar-refractivity contribution in [3.05, 3.63) is 0 Å². The first-order chi connectivity index (χ1) is 9.92. The van der Waals surface area contributed by atoms with Gasteiger partial charge < -0.3 is 4.90 Å². The van der Waals surface area contributed by atoms with Crippen LogP contribution in [0.2, 0.25) is 0 Å². The lowest BCUT2D eigenvalue weighted by Crippen LogP contribution is -2.54. The topological polar surface area (TPSA) is 168 Å². The predicted octanol–water partition coefficient (Wildman–Crippen LogP) is -2.35. The van der Waals surface area contributed by atoms with Gasteiger partial charge in [0.25, 0.3) is 5.91 Å². The molecule has 0 aliphatic carbocycles. The van der Waals surface area contributed by atoms with E-state index >= 15 is 0 Å². The summed E-state index contributed by atoms with van der Waals surface area (Å²) in [4.78, 5) is 25.1. The van der Waals surface area contributed by atoms with Crippen LogP contribution in [0.25, 0.3) is 0 Å². The quantitative estimate of drug-likeness (QED) is 0.242. The molecule has 2 aliphatic heterocycles. The Kier molecular flexibility index (Phi) is 4.07. The largest absolute Gasteiger partial charge is 0.418 e. The molecule has 2 rings (SSSR count). The van der Waals surface area contributed by atoms with E-state index in [2.05, 4.69) is 4.28 Å². The van der Waals surface area contributed by atoms with Crippen LogP contribution in [0.3, 0.4) is 0 Å². The van der Waals surface area contributed by atoms with E-state index in [1.165, 1.54) is 0 Å². The lowest BCUT2D eigenvalue weighted by molar-refractivity contribution is -0.131. The lowest BCUT2D eigenvalue weighted by Gasteiger charge is -2.31. The van der Waals surface area contributed by atoms with Crippen molar-refractivity contribution in [2.24, 2.45) is 5.84 Å². The molecule has 126 valence electrons. The number of hydrogen-bond donors (Lipinski definition) is 2. The third-order valence-corrected chi connectivity index (χ3v) is 4.60. The number of nitrogens with two attached hydrogens (primary N) is 1. The summed E-state index contributed by atoms with van der Waals surface area (Å²) in [6.07, 6.45) is 0.978. The van der Waals surface area contributed by atoms with Crippen molar-refractivity contribution in [2.45, 2.75) is 24.9 Å². The van der Waals surface area contributed by atoms with E-state index in [-0.39, 0.29) is 23.8 Å². The zero-order valence-corrected chi connectivity index (χ0v) is 12.9. The van der Waals surface area contributed by atoms with Gasteiger partial charge in [0, 0.05) is 6.54 Å². The van der Waals surface area contributed by atoms with Crippen molar-refractivity contribution in [2.75, 3.05) is 12.8 Å². The molecule has 0 saturated carbocycles. The fourth-order valence-electron chi connectivity index (χ4n) is 2.40. The van der Waals surface area contributed by atoms with Gasteiger partial charge >= 0.3 is 16.4 Å². The van der Waals surface area contributed by atoms with Crippen molar-refractivity contribution in [3.8, 4) is 0 Å². The number of carbonyl (C=O) groups is 2. The molecular formula is C8H14N4O8S2. The van der Waals surface area contributed by atoms with Crippen LogP contribution in [0.4, 0.5) is 4.79 Å². The van der Waals surface area contributed by atoms with E-state index in [9.17, 15) is 26.4 Å². The van der Waals surface area contributed by atoms with Crippen LogP contribution in [-0.4, -0.2) is 72.6 Å². The van der Waals surface area contributed by atoms with Crippen LogP contribution in [-0.2, 0) is 29.5 Å². The van der Waals surface area contributed by atoms with E-state index in [0.717, 1.165) is 11.2 Å². The molecule has 0 spiro atoms. The molecule has 22 heavy (non-hydrogen) atoms.